The van der Waals surface area contributed by atoms with Crippen LogP contribution in [0.25, 0.3) is 23.0 Å². The minimum atomic E-state index is -0.583. The fraction of sp³-hybridized carbons (Fsp3) is 0.667. The maximum atomic E-state index is 10.5. The molecule has 10 radical (unpaired) electrons. The molecule has 0 saturated carbocycles. The second-order valence-corrected chi connectivity index (χ2v) is 42.1. The van der Waals surface area contributed by atoms with Crippen molar-refractivity contribution in [3.63, 3.8) is 0 Å². The number of esters is 10. The Morgan fingerprint density at radius 1 is 0.300 bits per heavy atom. The molecule has 0 fully saturated rings. The van der Waals surface area contributed by atoms with E-state index < -0.39 is 23.8 Å². The van der Waals surface area contributed by atoms with E-state index in [9.17, 15) is 67.1 Å². The maximum Gasteiger partial charge on any atom is 0.310 e. The predicted octanol–water partition coefficient (Wildman–Crippen LogP) is 21.1. The molecule has 38 nitrogen and oxygen atoms in total. The smallest absolute Gasteiger partial charge is 0.310 e. The van der Waals surface area contributed by atoms with Crippen molar-refractivity contribution in [2.24, 2.45) is 5.73 Å². The van der Waals surface area contributed by atoms with Crippen LogP contribution in [0.4, 0.5) is 0 Å². The molecular formula is C81H170N5O33S21Y10-15. The van der Waals surface area contributed by atoms with E-state index in [1.54, 1.807) is 181 Å². The van der Waals surface area contributed by atoms with Crippen molar-refractivity contribution in [3.8, 4) is 0 Å². The van der Waals surface area contributed by atoms with Gasteiger partial charge in [0.05, 0.1) is 19.8 Å². The van der Waals surface area contributed by atoms with Crippen molar-refractivity contribution in [2.45, 2.75) is 189 Å². The first-order valence-electron chi connectivity index (χ1n) is 39.2. The summed E-state index contributed by atoms with van der Waals surface area (Å²) in [6.07, 6.45) is 39.6. The Bertz CT molecular complexity index is 2160. The quantitative estimate of drug-likeness (QED) is 0.00314. The molecule has 150 heavy (non-hydrogen) atoms. The zero-order chi connectivity index (χ0) is 113. The summed E-state index contributed by atoms with van der Waals surface area (Å²) in [7, 11) is 34.3. The molecule has 0 spiro atoms. The van der Waals surface area contributed by atoms with Gasteiger partial charge in [-0.2, -0.15) is 0 Å². The number of carbonyl (C=O) groups excluding carboxylic acids is 16. The number of aliphatic hydroxyl groups is 7. The van der Waals surface area contributed by atoms with E-state index in [0.29, 0.717) is 117 Å². The van der Waals surface area contributed by atoms with Gasteiger partial charge in [0.2, 0.25) is 5.91 Å². The van der Waals surface area contributed by atoms with Gasteiger partial charge < -0.3 is 152 Å². The standard InChI is InChI=1S/7C6H11O2S2.C5H9O2S2.C4H6O3.C4H10O2S2.C4H8O.C3H7NO.C3H7OS2.C3H6O.2C2H5NO.C2H6.CNO.4CH4O.CH3S.CH3.H2N.H2O.10Y/c7*1-3-6(7)8-4-5-10-9-2;1-5(6)7-3-4-9-8-2;1-3(5)7-4(2)6;5-1-3-7-8-4-2-6;1-3-4(2)5;1-2-3(4)5;1-5-6-3-2-4;1-3(2)4;2*1-2(3)4;1-2;2-1-3;5*1-2;;;;;;;;;;;;;/h7*2-5H2,1H3;2-4H2,1H3;1-2H3;5-6H,1-4H2;3H2,1-2H3;2H2,1H3,(H2,4,5);4H,1-3H2;1-2H3;2*1H3,(H2,3,4);1-2H3;;4*2H,1H3;2H,1H2;1H3;2*1H2;;;;;;;;;;/q8*-1;;;;;-1;;;;;-1;;;;;3*-1;;;;;;;;;;;/p-2. The number of carbonyl (C=O) groups is 15. The van der Waals surface area contributed by atoms with Crippen LogP contribution in [0, 0.1) is 70.0 Å². The van der Waals surface area contributed by atoms with Gasteiger partial charge >= 0.3 is 59.7 Å². The third-order valence-electron chi connectivity index (χ3n) is 7.96. The molecule has 3 amide bonds. The van der Waals surface area contributed by atoms with Gasteiger partial charge in [0, 0.05) is 510 Å². The summed E-state index contributed by atoms with van der Waals surface area (Å²) in [5, 5.41) is 59.4. The molecule has 0 aliphatic carbocycles. The number of Topliss-reactive ketones (excluding diaryl/α,β-unsaturated/α-hetero) is 2. The SMILES string of the molecule is CC.CC(=O)OC(C)=O.CC(C)=O.CC(N)=O.CC([NH-])=O.CCC(C)=O.CCC([NH-])=O.CO.CO.CO.CO.O.OCCSSCCO.[CH2-]S.[CH2-]SSCCO.[CH2-]SSCCOC(=O)CC.[CH2-]SSCCOC(=O)CC.[CH2-]SSCCOC(=O)CC.[CH2-]SSCCOC(=O)CC.[CH2-]SSCCOC(=O)CC.[CH2-]SSCCOC(=O)CC.[CH2-]SSCCOC(=O)CC.[CH2-]SSCCOC(C)=O.[CH3-].[N-]=C=O.[NH2-].[Y].[Y].[Y].[Y].[Y].[Y].[Y].[Y].[Y].[Y]. The van der Waals surface area contributed by atoms with Gasteiger partial charge in [0.1, 0.15) is 64.4 Å². The topological polar surface area (TPSA) is 659 Å². The third-order valence-corrected chi connectivity index (χ3v) is 23.8. The molecule has 0 unspecified atom stereocenters. The average molecular weight is 3300 g/mol. The molecule has 15 N–H and O–H groups in total. The Kier molecular flexibility index (Phi) is 517. The molecule has 0 saturated heterocycles. The number of primary amides is 1. The Hall–Kier alpha value is 10.1. The van der Waals surface area contributed by atoms with E-state index in [2.05, 4.69) is 90.4 Å². The van der Waals surface area contributed by atoms with Crippen LogP contribution in [-0.4, -0.2) is 301 Å². The van der Waals surface area contributed by atoms with Crippen LogP contribution in [0.5, 0.6) is 0 Å². The Labute approximate surface area is 1240 Å². The van der Waals surface area contributed by atoms with Crippen molar-refractivity contribution < 1.29 is 488 Å². The minimum absolute atomic E-state index is 0. The van der Waals surface area contributed by atoms with E-state index >= 15 is 0 Å². The number of rotatable bonds is 49. The third kappa shape index (κ3) is 503. The number of thiol groups is 1. The summed E-state index contributed by atoms with van der Waals surface area (Å²) in [5.74, 6) is 5.60. The number of amides is 3. The van der Waals surface area contributed by atoms with Gasteiger partial charge in [0.15, 0.2) is 0 Å². The Morgan fingerprint density at radius 3 is 0.473 bits per heavy atom. The molecule has 0 aromatic carbocycles. The van der Waals surface area contributed by atoms with Crippen LogP contribution >= 0.6 is 229 Å². The fourth-order valence-corrected chi connectivity index (χ4v) is 12.1. The number of isocyanates is 1. The van der Waals surface area contributed by atoms with Crippen molar-refractivity contribution in [3.05, 3.63) is 93.0 Å². The molecule has 69 heteroatoms. The van der Waals surface area contributed by atoms with Crippen LogP contribution in [0.15, 0.2) is 0 Å². The van der Waals surface area contributed by atoms with Crippen molar-refractivity contribution in [2.75, 3.05) is 164 Å². The molecule has 0 aromatic heterocycles. The van der Waals surface area contributed by atoms with Gasteiger partial charge in [0.25, 0.3) is 0 Å². The van der Waals surface area contributed by atoms with Gasteiger partial charge in [-0.25, -0.2) is 0 Å². The molecule has 0 atom stereocenters. The summed E-state index contributed by atoms with van der Waals surface area (Å²) >= 11 is 3.28. The summed E-state index contributed by atoms with van der Waals surface area (Å²) in [4.78, 5) is 159. The Balaban J connectivity index is -0.0000000269. The van der Waals surface area contributed by atoms with Crippen LogP contribution < -0.4 is 5.73 Å². The van der Waals surface area contributed by atoms with Crippen LogP contribution in [0.1, 0.15) is 189 Å². The number of nitrogens with two attached hydrogens (primary N) is 2. The molecule has 0 heterocycles. The summed E-state index contributed by atoms with van der Waals surface area (Å²) < 4.78 is 42.2. The van der Waals surface area contributed by atoms with Crippen LogP contribution in [-0.2, 0) is 446 Å². The number of aliphatic hydroxyl groups excluding tert-OH is 7. The number of nitrogens with zero attached hydrogens (tertiary/aromatic N) is 1. The van der Waals surface area contributed by atoms with Crippen molar-refractivity contribution in [1.82, 2.24) is 0 Å². The van der Waals surface area contributed by atoms with Gasteiger partial charge in [-0.3, -0.25) is 217 Å². The number of ether oxygens (including phenoxy) is 9. The Morgan fingerprint density at radius 2 is 0.407 bits per heavy atom. The maximum absolute atomic E-state index is 10.5. The first-order valence-corrected chi connectivity index (χ1v) is 64.7. The second kappa shape index (κ2) is 295. The minimum Gasteiger partial charge on any atom is -0.724 e. The predicted molar refractivity (Wildman–Crippen MR) is 632 cm³/mol. The summed E-state index contributed by atoms with van der Waals surface area (Å²) in [6.45, 7) is 35.6. The van der Waals surface area contributed by atoms with Crippen LogP contribution in [0.2, 0.25) is 0 Å². The van der Waals surface area contributed by atoms with E-state index in [1.807, 2.05) is 20.8 Å². The number of hydrogen-bond donors (Lipinski definition) is 9. The molecule has 0 rings (SSSR count). The van der Waals surface area contributed by atoms with E-state index in [0.717, 1.165) is 91.7 Å². The van der Waals surface area contributed by atoms with Crippen molar-refractivity contribution >= 4 is 324 Å². The molecule has 0 bridgehead atoms. The van der Waals surface area contributed by atoms with Gasteiger partial charge in [-0.15, -0.1) is 97.1 Å². The number of nitrogens with one attached hydrogen (secondary N) is 2. The average Bonchev–Trinajstić information content (AvgIpc) is 1.10. The van der Waals surface area contributed by atoms with Gasteiger partial charge in [-0.1, -0.05) is 97.7 Å². The molecule has 0 aromatic rings. The van der Waals surface area contributed by atoms with E-state index in [1.165, 1.54) is 146 Å². The summed E-state index contributed by atoms with van der Waals surface area (Å²) in [6, 6.07) is 0. The van der Waals surface area contributed by atoms with Crippen LogP contribution in [0.3, 0.4) is 0 Å². The van der Waals surface area contributed by atoms with Gasteiger partial charge in [-0.05, 0) is 40.2 Å². The molecular weight excluding hydrogens is 3130 g/mol. The largest absolute Gasteiger partial charge is 0.724 e. The summed E-state index contributed by atoms with van der Waals surface area (Å²) in [5.41, 5.74) is 16.6. The zero-order valence-electron chi connectivity index (χ0n) is 91.8. The number of ketones is 2. The number of hydrogen-bond acceptors (Lipinski definition) is 53. The first-order chi connectivity index (χ1) is 65.0. The molecule has 0 aliphatic rings. The normalized spacial score (nSPS) is 7.47. The van der Waals surface area contributed by atoms with E-state index in [4.69, 9.17) is 95.4 Å². The molecule has 0 aliphatic heterocycles. The zero-order valence-corrected chi connectivity index (χ0v) is 137. The monoisotopic (exact) mass is 3300 g/mol. The van der Waals surface area contributed by atoms with E-state index in [-0.39, 0.29) is 431 Å². The van der Waals surface area contributed by atoms with Crippen molar-refractivity contribution in [1.29, 1.82) is 0 Å². The molecule has 888 valence electrons. The fourth-order valence-electron chi connectivity index (χ4n) is 3.22. The second-order valence-electron chi connectivity index (χ2n) is 18.7. The first kappa shape index (κ1) is 263.